The van der Waals surface area contributed by atoms with Gasteiger partial charge in [0.05, 0.1) is 17.4 Å². The summed E-state index contributed by atoms with van der Waals surface area (Å²) in [6.07, 6.45) is 6.52. The summed E-state index contributed by atoms with van der Waals surface area (Å²) in [5.41, 5.74) is 4.40. The first-order valence-electron chi connectivity index (χ1n) is 9.55. The number of carbonyl (C=O) groups is 1. The number of hydrogen-bond donors (Lipinski definition) is 1. The van der Waals surface area contributed by atoms with Crippen molar-refractivity contribution in [1.82, 2.24) is 19.6 Å². The van der Waals surface area contributed by atoms with Crippen molar-refractivity contribution in [2.45, 2.75) is 33.2 Å². The van der Waals surface area contributed by atoms with Crippen LogP contribution in [0.3, 0.4) is 0 Å². The number of aromatic nitrogens is 2. The van der Waals surface area contributed by atoms with Crippen molar-refractivity contribution in [2.24, 2.45) is 0 Å². The van der Waals surface area contributed by atoms with E-state index in [2.05, 4.69) is 59.5 Å². The predicted octanol–water partition coefficient (Wildman–Crippen LogP) is 4.01. The van der Waals surface area contributed by atoms with E-state index in [1.54, 1.807) is 17.4 Å². The lowest BCUT2D eigenvalue weighted by Crippen LogP contribution is -2.33. The summed E-state index contributed by atoms with van der Waals surface area (Å²) in [7, 11) is 4.07. The van der Waals surface area contributed by atoms with Crippen LogP contribution in [0.5, 0.6) is 0 Å². The Balaban J connectivity index is 1.67. The van der Waals surface area contributed by atoms with E-state index < -0.39 is 0 Å². The van der Waals surface area contributed by atoms with Crippen LogP contribution < -0.4 is 5.32 Å². The maximum atomic E-state index is 12.4. The molecule has 1 atom stereocenters. The Bertz CT molecular complexity index is 982. The highest BCUT2D eigenvalue weighted by molar-refractivity contribution is 7.17. The summed E-state index contributed by atoms with van der Waals surface area (Å²) in [6.45, 7) is 6.73. The normalized spacial score (nSPS) is 12.9. The number of likely N-dealkylation sites (N-methyl/N-ethyl adjacent to an activating group) is 1. The van der Waals surface area contributed by atoms with Gasteiger partial charge in [0.2, 0.25) is 5.91 Å². The lowest BCUT2D eigenvalue weighted by atomic mass is 10.0. The number of imidazole rings is 1. The number of amides is 1. The van der Waals surface area contributed by atoms with Gasteiger partial charge >= 0.3 is 0 Å². The molecule has 2 aromatic heterocycles. The Morgan fingerprint density at radius 1 is 1.29 bits per heavy atom. The zero-order valence-electron chi connectivity index (χ0n) is 17.2. The van der Waals surface area contributed by atoms with Crippen LogP contribution in [0.2, 0.25) is 0 Å². The molecule has 3 aromatic rings. The Morgan fingerprint density at radius 3 is 2.64 bits per heavy atom. The molecule has 28 heavy (non-hydrogen) atoms. The molecule has 0 spiro atoms. The fourth-order valence-corrected chi connectivity index (χ4v) is 4.14. The third-order valence-electron chi connectivity index (χ3n) is 4.92. The van der Waals surface area contributed by atoms with Crippen molar-refractivity contribution >= 4 is 28.3 Å². The Hall–Kier alpha value is -2.44. The molecule has 1 amide bonds. The number of nitrogens with one attached hydrogen (secondary N) is 1. The number of hydrogen-bond acceptors (Lipinski definition) is 4. The van der Waals surface area contributed by atoms with Crippen LogP contribution in [0.25, 0.3) is 11.0 Å². The second kappa shape index (κ2) is 8.71. The molecular weight excluding hydrogens is 368 g/mol. The van der Waals surface area contributed by atoms with Crippen molar-refractivity contribution in [2.75, 3.05) is 20.6 Å². The van der Waals surface area contributed by atoms with Crippen molar-refractivity contribution in [3.8, 4) is 0 Å². The van der Waals surface area contributed by atoms with Crippen LogP contribution in [0.4, 0.5) is 0 Å². The Labute approximate surface area is 170 Å². The standard InChI is InChI=1S/C22H28N4OS/c1-6-17-7-9-18(10-8-17)20(25(4)5)13-23-21(27)12-11-19-16(3)24-22-26(19)14-15(2)28-22/h7-12,14,20H,6,13H2,1-5H3,(H,23,27)/b12-11+/t20-/m1/s1. The number of rotatable bonds is 7. The van der Waals surface area contributed by atoms with E-state index in [4.69, 9.17) is 0 Å². The van der Waals surface area contributed by atoms with E-state index >= 15 is 0 Å². The van der Waals surface area contributed by atoms with Crippen LogP contribution in [0, 0.1) is 13.8 Å². The van der Waals surface area contributed by atoms with Gasteiger partial charge in [-0.2, -0.15) is 0 Å². The van der Waals surface area contributed by atoms with Crippen molar-refractivity contribution in [1.29, 1.82) is 0 Å². The molecule has 0 aliphatic heterocycles. The molecular formula is C22H28N4OS. The second-order valence-corrected chi connectivity index (χ2v) is 8.44. The zero-order chi connectivity index (χ0) is 20.3. The molecule has 1 aromatic carbocycles. The molecule has 0 radical (unpaired) electrons. The third-order valence-corrected chi connectivity index (χ3v) is 5.82. The highest BCUT2D eigenvalue weighted by Gasteiger charge is 2.15. The fraction of sp³-hybridized carbons (Fsp3) is 0.364. The number of thiazole rings is 1. The number of carbonyl (C=O) groups excluding carboxylic acids is 1. The van der Waals surface area contributed by atoms with Gasteiger partial charge in [0.15, 0.2) is 4.96 Å². The molecule has 0 aliphatic carbocycles. The largest absolute Gasteiger partial charge is 0.351 e. The quantitative estimate of drug-likeness (QED) is 0.614. The van der Waals surface area contributed by atoms with Crippen molar-refractivity contribution in [3.63, 3.8) is 0 Å². The SMILES string of the molecule is CCc1ccc([C@@H](CNC(=O)/C=C/c2c(C)nc3sc(C)cn23)N(C)C)cc1. The van der Waals surface area contributed by atoms with Crippen LogP contribution >= 0.6 is 11.3 Å². The minimum absolute atomic E-state index is 0.0988. The van der Waals surface area contributed by atoms with E-state index in [-0.39, 0.29) is 11.9 Å². The van der Waals surface area contributed by atoms with E-state index in [0.29, 0.717) is 6.54 Å². The smallest absolute Gasteiger partial charge is 0.244 e. The van der Waals surface area contributed by atoms with Gasteiger partial charge in [0.1, 0.15) is 0 Å². The molecule has 0 bridgehead atoms. The van der Waals surface area contributed by atoms with Crippen molar-refractivity contribution < 1.29 is 4.79 Å². The minimum atomic E-state index is -0.0988. The first kappa shape index (κ1) is 20.3. The van der Waals surface area contributed by atoms with Gasteiger partial charge in [0.25, 0.3) is 0 Å². The summed E-state index contributed by atoms with van der Waals surface area (Å²) in [6, 6.07) is 8.74. The van der Waals surface area contributed by atoms with Gasteiger partial charge in [-0.05, 0) is 51.6 Å². The topological polar surface area (TPSA) is 49.6 Å². The zero-order valence-corrected chi connectivity index (χ0v) is 18.0. The van der Waals surface area contributed by atoms with Gasteiger partial charge in [0, 0.05) is 23.7 Å². The molecule has 148 valence electrons. The third kappa shape index (κ3) is 4.51. The van der Waals surface area contributed by atoms with Gasteiger partial charge in [-0.15, -0.1) is 11.3 Å². The molecule has 5 nitrogen and oxygen atoms in total. The molecule has 0 saturated heterocycles. The van der Waals surface area contributed by atoms with Crippen LogP contribution in [0.1, 0.15) is 40.4 Å². The van der Waals surface area contributed by atoms with Crippen LogP contribution in [-0.4, -0.2) is 40.8 Å². The minimum Gasteiger partial charge on any atom is -0.351 e. The molecule has 1 N–H and O–H groups in total. The lowest BCUT2D eigenvalue weighted by molar-refractivity contribution is -0.116. The molecule has 0 fully saturated rings. The molecule has 3 rings (SSSR count). The van der Waals surface area contributed by atoms with Crippen molar-refractivity contribution in [3.05, 3.63) is 63.9 Å². The first-order chi connectivity index (χ1) is 13.4. The molecule has 2 heterocycles. The maximum Gasteiger partial charge on any atom is 0.244 e. The fourth-order valence-electron chi connectivity index (χ4n) is 3.27. The van der Waals surface area contributed by atoms with Gasteiger partial charge in [-0.25, -0.2) is 4.98 Å². The summed E-state index contributed by atoms with van der Waals surface area (Å²) in [4.78, 5) is 21.2. The molecule has 0 aliphatic rings. The van der Waals surface area contributed by atoms with E-state index in [9.17, 15) is 4.79 Å². The van der Waals surface area contributed by atoms with Gasteiger partial charge in [-0.3, -0.25) is 9.20 Å². The summed E-state index contributed by atoms with van der Waals surface area (Å²) in [5.74, 6) is -0.0988. The average molecular weight is 397 g/mol. The lowest BCUT2D eigenvalue weighted by Gasteiger charge is -2.25. The van der Waals surface area contributed by atoms with E-state index in [1.165, 1.54) is 16.0 Å². The van der Waals surface area contributed by atoms with E-state index in [0.717, 1.165) is 22.8 Å². The van der Waals surface area contributed by atoms with Crippen LogP contribution in [0.15, 0.2) is 36.5 Å². The number of fused-ring (bicyclic) bond motifs is 1. The van der Waals surface area contributed by atoms with Gasteiger partial charge < -0.3 is 10.2 Å². The first-order valence-corrected chi connectivity index (χ1v) is 10.4. The Morgan fingerprint density at radius 2 is 2.00 bits per heavy atom. The Kier molecular flexibility index (Phi) is 6.31. The van der Waals surface area contributed by atoms with Crippen LogP contribution in [-0.2, 0) is 11.2 Å². The summed E-state index contributed by atoms with van der Waals surface area (Å²) in [5, 5.41) is 3.03. The van der Waals surface area contributed by atoms with Gasteiger partial charge in [-0.1, -0.05) is 31.2 Å². The monoisotopic (exact) mass is 396 g/mol. The summed E-state index contributed by atoms with van der Waals surface area (Å²) < 4.78 is 2.04. The summed E-state index contributed by atoms with van der Waals surface area (Å²) >= 11 is 1.65. The molecule has 0 unspecified atom stereocenters. The average Bonchev–Trinajstić information content (AvgIpc) is 3.15. The number of benzene rings is 1. The number of aryl methyl sites for hydroxylation is 3. The highest BCUT2D eigenvalue weighted by Crippen LogP contribution is 2.22. The second-order valence-electron chi connectivity index (χ2n) is 7.23. The molecule has 0 saturated carbocycles. The molecule has 6 heteroatoms. The van der Waals surface area contributed by atoms with E-state index in [1.807, 2.05) is 31.5 Å². The highest BCUT2D eigenvalue weighted by atomic mass is 32.1. The maximum absolute atomic E-state index is 12.4. The number of nitrogens with zero attached hydrogens (tertiary/aromatic N) is 3. The predicted molar refractivity (Wildman–Crippen MR) is 117 cm³/mol.